The van der Waals surface area contributed by atoms with Crippen molar-refractivity contribution in [1.82, 2.24) is 25.8 Å². The molecule has 0 unspecified atom stereocenters. The second kappa shape index (κ2) is 8.29. The highest BCUT2D eigenvalue weighted by Crippen LogP contribution is 2.27. The zero-order chi connectivity index (χ0) is 16.4. The molecule has 0 spiro atoms. The lowest BCUT2D eigenvalue weighted by Crippen LogP contribution is -2.29. The summed E-state index contributed by atoms with van der Waals surface area (Å²) >= 11 is 1.86. The van der Waals surface area contributed by atoms with Crippen LogP contribution in [0, 0.1) is 0 Å². The Morgan fingerprint density at radius 3 is 3.00 bits per heavy atom. The van der Waals surface area contributed by atoms with Crippen LogP contribution in [0.5, 0.6) is 0 Å². The number of carbonyl (C=O) groups is 1. The number of thiazole rings is 1. The van der Waals surface area contributed by atoms with Gasteiger partial charge in [0.2, 0.25) is 0 Å². The van der Waals surface area contributed by atoms with Gasteiger partial charge in [-0.05, 0) is 32.1 Å². The van der Waals surface area contributed by atoms with Crippen molar-refractivity contribution in [3.63, 3.8) is 0 Å². The lowest BCUT2D eigenvalue weighted by atomic mass is 10.0. The number of nitrogens with one attached hydrogen (secondary N) is 3. The van der Waals surface area contributed by atoms with Gasteiger partial charge in [0.05, 0.1) is 10.7 Å². The molecular weight excluding hydrogens is 358 g/mol. The maximum atomic E-state index is 12.3. The van der Waals surface area contributed by atoms with Gasteiger partial charge in [0.25, 0.3) is 5.91 Å². The third kappa shape index (κ3) is 4.04. The van der Waals surface area contributed by atoms with Crippen LogP contribution in [0.1, 0.15) is 56.6 Å². The molecule has 0 bridgehead atoms. The van der Waals surface area contributed by atoms with Gasteiger partial charge >= 0.3 is 0 Å². The molecule has 25 heavy (non-hydrogen) atoms. The van der Waals surface area contributed by atoms with E-state index in [-0.39, 0.29) is 18.3 Å². The number of hydrogen-bond acceptors (Lipinski definition) is 5. The molecule has 1 amide bonds. The van der Waals surface area contributed by atoms with Crippen molar-refractivity contribution < 1.29 is 4.79 Å². The zero-order valence-electron chi connectivity index (χ0n) is 14.2. The Labute approximate surface area is 157 Å². The van der Waals surface area contributed by atoms with E-state index >= 15 is 0 Å². The third-order valence-electron chi connectivity index (χ3n) is 4.76. The molecule has 8 heteroatoms. The molecule has 0 saturated carbocycles. The number of amides is 1. The summed E-state index contributed by atoms with van der Waals surface area (Å²) in [6.07, 6.45) is 7.68. The van der Waals surface area contributed by atoms with Gasteiger partial charge in [0.15, 0.2) is 5.69 Å². The summed E-state index contributed by atoms with van der Waals surface area (Å²) in [5.41, 5.74) is 3.97. The second-order valence-corrected chi connectivity index (χ2v) is 7.67. The topological polar surface area (TPSA) is 82.7 Å². The summed E-state index contributed by atoms with van der Waals surface area (Å²) in [5, 5.41) is 14.7. The molecule has 0 aromatic carbocycles. The molecule has 0 fully saturated rings. The molecule has 2 aliphatic rings. The number of aromatic nitrogens is 3. The molecule has 0 atom stereocenters. The molecule has 1 aliphatic carbocycles. The summed E-state index contributed by atoms with van der Waals surface area (Å²) in [4.78, 5) is 18.6. The smallest absolute Gasteiger partial charge is 0.272 e. The van der Waals surface area contributed by atoms with Crippen LogP contribution in [0.3, 0.4) is 0 Å². The van der Waals surface area contributed by atoms with Crippen molar-refractivity contribution in [2.75, 3.05) is 13.1 Å². The maximum Gasteiger partial charge on any atom is 0.272 e. The monoisotopic (exact) mass is 381 g/mol. The number of aryl methyl sites for hydroxylation is 3. The molecule has 6 nitrogen and oxygen atoms in total. The summed E-state index contributed by atoms with van der Waals surface area (Å²) in [7, 11) is 0. The zero-order valence-corrected chi connectivity index (χ0v) is 15.8. The average molecular weight is 382 g/mol. The first-order chi connectivity index (χ1) is 11.8. The maximum absolute atomic E-state index is 12.3. The number of H-pyrrole nitrogens is 1. The van der Waals surface area contributed by atoms with E-state index < -0.39 is 0 Å². The molecule has 4 rings (SSSR count). The van der Waals surface area contributed by atoms with Crippen LogP contribution in [-0.4, -0.2) is 34.2 Å². The average Bonchev–Trinajstić information content (AvgIpc) is 3.22. The molecule has 2 aromatic heterocycles. The molecule has 136 valence electrons. The van der Waals surface area contributed by atoms with Gasteiger partial charge in [-0.25, -0.2) is 4.98 Å². The molecule has 1 aliphatic heterocycles. The van der Waals surface area contributed by atoms with Crippen molar-refractivity contribution in [1.29, 1.82) is 0 Å². The molecule has 2 aromatic rings. The van der Waals surface area contributed by atoms with Gasteiger partial charge in [-0.15, -0.1) is 23.7 Å². The van der Waals surface area contributed by atoms with E-state index in [0.29, 0.717) is 12.2 Å². The van der Waals surface area contributed by atoms with Crippen molar-refractivity contribution in [2.45, 2.75) is 51.5 Å². The van der Waals surface area contributed by atoms with Crippen LogP contribution in [0.4, 0.5) is 0 Å². The summed E-state index contributed by atoms with van der Waals surface area (Å²) in [6.45, 7) is 2.32. The highest BCUT2D eigenvalue weighted by atomic mass is 35.5. The molecule has 3 heterocycles. The molecule has 0 radical (unpaired) electrons. The van der Waals surface area contributed by atoms with Crippen LogP contribution in [0.2, 0.25) is 0 Å². The SMILES string of the molecule is Cl.O=C(NCCCc1nc2c(s1)CCCC2)c1n[nH]c2c1CNCC2. The Hall–Kier alpha value is -1.44. The summed E-state index contributed by atoms with van der Waals surface area (Å²) in [5.74, 6) is -0.0744. The Kier molecular flexibility index (Phi) is 6.09. The van der Waals surface area contributed by atoms with Crippen molar-refractivity contribution >= 4 is 29.7 Å². The minimum absolute atomic E-state index is 0. The first-order valence-electron chi connectivity index (χ1n) is 8.84. The second-order valence-electron chi connectivity index (χ2n) is 6.50. The number of nitrogens with zero attached hydrogens (tertiary/aromatic N) is 2. The van der Waals surface area contributed by atoms with Crippen LogP contribution in [0.25, 0.3) is 0 Å². The van der Waals surface area contributed by atoms with E-state index in [4.69, 9.17) is 4.98 Å². The standard InChI is InChI=1S/C17H23N5OS.ClH/c23-17(16-11-10-18-9-7-12(11)21-22-16)19-8-3-6-15-20-13-4-1-2-5-14(13)24-15;/h18H,1-10H2,(H,19,23)(H,21,22);1H. The Morgan fingerprint density at radius 2 is 2.12 bits per heavy atom. The van der Waals surface area contributed by atoms with E-state index in [9.17, 15) is 4.79 Å². The Bertz CT molecular complexity index is 718. The van der Waals surface area contributed by atoms with Crippen LogP contribution < -0.4 is 10.6 Å². The minimum Gasteiger partial charge on any atom is -0.351 e. The minimum atomic E-state index is -0.0744. The fraction of sp³-hybridized carbons (Fsp3) is 0.588. The normalized spacial score (nSPS) is 15.8. The molecule has 0 saturated heterocycles. The van der Waals surface area contributed by atoms with Crippen molar-refractivity contribution in [3.8, 4) is 0 Å². The van der Waals surface area contributed by atoms with Gasteiger partial charge in [0, 0.05) is 48.6 Å². The Morgan fingerprint density at radius 1 is 1.24 bits per heavy atom. The van der Waals surface area contributed by atoms with Gasteiger partial charge in [-0.3, -0.25) is 9.89 Å². The van der Waals surface area contributed by atoms with Gasteiger partial charge in [0.1, 0.15) is 0 Å². The number of rotatable bonds is 5. The first-order valence-corrected chi connectivity index (χ1v) is 9.65. The fourth-order valence-electron chi connectivity index (χ4n) is 3.45. The van der Waals surface area contributed by atoms with E-state index in [0.717, 1.165) is 50.0 Å². The lowest BCUT2D eigenvalue weighted by molar-refractivity contribution is 0.0947. The van der Waals surface area contributed by atoms with Crippen molar-refractivity contribution in [2.24, 2.45) is 0 Å². The number of fused-ring (bicyclic) bond motifs is 2. The summed E-state index contributed by atoms with van der Waals surface area (Å²) in [6, 6.07) is 0. The largest absolute Gasteiger partial charge is 0.351 e. The predicted molar refractivity (Wildman–Crippen MR) is 101 cm³/mol. The van der Waals surface area contributed by atoms with Gasteiger partial charge in [-0.2, -0.15) is 5.10 Å². The fourth-order valence-corrected chi connectivity index (χ4v) is 4.65. The number of aromatic amines is 1. The van der Waals surface area contributed by atoms with Crippen LogP contribution >= 0.6 is 23.7 Å². The van der Waals surface area contributed by atoms with E-state index in [1.165, 1.54) is 34.8 Å². The molecular formula is C17H24ClN5OS. The quantitative estimate of drug-likeness (QED) is 0.693. The van der Waals surface area contributed by atoms with Crippen LogP contribution in [0.15, 0.2) is 0 Å². The van der Waals surface area contributed by atoms with Crippen LogP contribution in [-0.2, 0) is 32.2 Å². The van der Waals surface area contributed by atoms with Gasteiger partial charge < -0.3 is 10.6 Å². The number of hydrogen-bond donors (Lipinski definition) is 3. The van der Waals surface area contributed by atoms with Crippen molar-refractivity contribution in [3.05, 3.63) is 32.5 Å². The first kappa shape index (κ1) is 18.4. The Balaban J connectivity index is 0.00000182. The van der Waals surface area contributed by atoms with Gasteiger partial charge in [-0.1, -0.05) is 0 Å². The van der Waals surface area contributed by atoms with E-state index in [2.05, 4.69) is 20.8 Å². The lowest BCUT2D eigenvalue weighted by Gasteiger charge is -2.12. The van der Waals surface area contributed by atoms with E-state index in [1.807, 2.05) is 11.3 Å². The summed E-state index contributed by atoms with van der Waals surface area (Å²) < 4.78 is 0. The number of carbonyl (C=O) groups excluding carboxylic acids is 1. The number of halogens is 1. The highest BCUT2D eigenvalue weighted by molar-refractivity contribution is 7.11. The third-order valence-corrected chi connectivity index (χ3v) is 5.98. The highest BCUT2D eigenvalue weighted by Gasteiger charge is 2.21. The predicted octanol–water partition coefficient (Wildman–Crippen LogP) is 2.18. The van der Waals surface area contributed by atoms with E-state index in [1.54, 1.807) is 0 Å². The molecule has 3 N–H and O–H groups in total.